The normalized spacial score (nSPS) is 10.1. The molecule has 3 N–H and O–H groups in total. The van der Waals surface area contributed by atoms with Gasteiger partial charge in [0, 0.05) is 22.8 Å². The number of nitrogens with one attached hydrogen (secondary N) is 1. The molecule has 2 aromatic carbocycles. The van der Waals surface area contributed by atoms with Crippen molar-refractivity contribution in [2.75, 3.05) is 0 Å². The fourth-order valence-electron chi connectivity index (χ4n) is 1.99. The van der Waals surface area contributed by atoms with Gasteiger partial charge in [0.2, 0.25) is 0 Å². The molecule has 2 rings (SSSR count). The Morgan fingerprint density at radius 2 is 2.05 bits per heavy atom. The number of hydrogen-bond acceptors (Lipinski definition) is 4. The van der Waals surface area contributed by atoms with Crippen LogP contribution < -0.4 is 10.5 Å². The van der Waals surface area contributed by atoms with Crippen molar-refractivity contribution < 1.29 is 9.66 Å². The van der Waals surface area contributed by atoms with E-state index >= 15 is 0 Å². The number of benzene rings is 2. The smallest absolute Gasteiger partial charge is 0.272 e. The first kappa shape index (κ1) is 14.5. The molecule has 0 saturated heterocycles. The van der Waals surface area contributed by atoms with Crippen LogP contribution in [0.3, 0.4) is 0 Å². The van der Waals surface area contributed by atoms with Crippen LogP contribution in [-0.4, -0.2) is 10.8 Å². The Morgan fingerprint density at radius 3 is 2.67 bits per heavy atom. The molecule has 6 nitrogen and oxygen atoms in total. The maximum atomic E-state index is 10.8. The summed E-state index contributed by atoms with van der Waals surface area (Å²) in [5.74, 6) is 0.519. The summed E-state index contributed by atoms with van der Waals surface area (Å²) in [5, 5.41) is 18.3. The first-order chi connectivity index (χ1) is 9.99. The van der Waals surface area contributed by atoms with Crippen LogP contribution in [0.15, 0.2) is 42.5 Å². The van der Waals surface area contributed by atoms with Crippen molar-refractivity contribution in [2.24, 2.45) is 5.73 Å². The van der Waals surface area contributed by atoms with Gasteiger partial charge in [0.25, 0.3) is 5.69 Å². The standard InChI is InChI=1S/C15H15N3O3/c1-10-8-12(6-7-14(10)18(19)20)21-9-11-4-2-3-5-13(11)15(16)17/h2-8H,9H2,1H3,(H3,16,17). The number of ether oxygens (including phenoxy) is 1. The van der Waals surface area contributed by atoms with Crippen LogP contribution in [-0.2, 0) is 6.61 Å². The topological polar surface area (TPSA) is 102 Å². The summed E-state index contributed by atoms with van der Waals surface area (Å²) in [6.45, 7) is 1.90. The lowest BCUT2D eigenvalue weighted by Crippen LogP contribution is -2.14. The van der Waals surface area contributed by atoms with E-state index in [0.29, 0.717) is 16.9 Å². The maximum Gasteiger partial charge on any atom is 0.272 e. The van der Waals surface area contributed by atoms with Gasteiger partial charge < -0.3 is 10.5 Å². The molecule has 0 aliphatic rings. The van der Waals surface area contributed by atoms with E-state index in [4.69, 9.17) is 15.9 Å². The summed E-state index contributed by atoms with van der Waals surface area (Å²) >= 11 is 0. The summed E-state index contributed by atoms with van der Waals surface area (Å²) in [6.07, 6.45) is 0. The lowest BCUT2D eigenvalue weighted by atomic mass is 10.1. The zero-order valence-corrected chi connectivity index (χ0v) is 11.5. The van der Waals surface area contributed by atoms with Gasteiger partial charge in [-0.3, -0.25) is 15.5 Å². The van der Waals surface area contributed by atoms with Gasteiger partial charge in [-0.25, -0.2) is 0 Å². The first-order valence-corrected chi connectivity index (χ1v) is 6.29. The predicted octanol–water partition coefficient (Wildman–Crippen LogP) is 2.77. The Morgan fingerprint density at radius 1 is 1.33 bits per heavy atom. The van der Waals surface area contributed by atoms with Crippen LogP contribution in [0.4, 0.5) is 5.69 Å². The van der Waals surface area contributed by atoms with Gasteiger partial charge in [0.15, 0.2) is 0 Å². The Kier molecular flexibility index (Phi) is 4.18. The van der Waals surface area contributed by atoms with Crippen LogP contribution in [0, 0.1) is 22.4 Å². The fraction of sp³-hybridized carbons (Fsp3) is 0.133. The van der Waals surface area contributed by atoms with Crippen LogP contribution >= 0.6 is 0 Å². The molecule has 0 radical (unpaired) electrons. The number of aryl methyl sites for hydroxylation is 1. The van der Waals surface area contributed by atoms with Gasteiger partial charge >= 0.3 is 0 Å². The van der Waals surface area contributed by atoms with Crippen molar-refractivity contribution >= 4 is 11.5 Å². The molecule has 0 bridgehead atoms. The Hall–Kier alpha value is -2.89. The van der Waals surface area contributed by atoms with Crippen molar-refractivity contribution in [3.63, 3.8) is 0 Å². The molecule has 0 aliphatic heterocycles. The summed E-state index contributed by atoms with van der Waals surface area (Å²) in [4.78, 5) is 10.3. The number of rotatable bonds is 5. The van der Waals surface area contributed by atoms with E-state index in [9.17, 15) is 10.1 Å². The van der Waals surface area contributed by atoms with Gasteiger partial charge in [-0.2, -0.15) is 0 Å². The molecular weight excluding hydrogens is 270 g/mol. The molecule has 0 heterocycles. The lowest BCUT2D eigenvalue weighted by Gasteiger charge is -2.10. The largest absolute Gasteiger partial charge is 0.489 e. The number of nitro groups is 1. The second-order valence-electron chi connectivity index (χ2n) is 4.56. The van der Waals surface area contributed by atoms with Crippen LogP contribution in [0.5, 0.6) is 5.75 Å². The van der Waals surface area contributed by atoms with Crippen LogP contribution in [0.2, 0.25) is 0 Å². The van der Waals surface area contributed by atoms with Crippen LogP contribution in [0.1, 0.15) is 16.7 Å². The minimum absolute atomic E-state index is 0.0194. The van der Waals surface area contributed by atoms with Gasteiger partial charge in [0.05, 0.1) is 4.92 Å². The fourth-order valence-corrected chi connectivity index (χ4v) is 1.99. The summed E-state index contributed by atoms with van der Waals surface area (Å²) in [6, 6.07) is 11.8. The highest BCUT2D eigenvalue weighted by atomic mass is 16.6. The molecule has 108 valence electrons. The highest BCUT2D eigenvalue weighted by Gasteiger charge is 2.11. The molecule has 0 atom stereocenters. The quantitative estimate of drug-likeness (QED) is 0.381. The lowest BCUT2D eigenvalue weighted by molar-refractivity contribution is -0.385. The monoisotopic (exact) mass is 285 g/mol. The number of amidine groups is 1. The zero-order valence-electron chi connectivity index (χ0n) is 11.5. The molecule has 0 unspecified atom stereocenters. The van der Waals surface area contributed by atoms with E-state index in [2.05, 4.69) is 0 Å². The molecule has 0 amide bonds. The molecule has 0 spiro atoms. The maximum absolute atomic E-state index is 10.8. The highest BCUT2D eigenvalue weighted by molar-refractivity contribution is 5.96. The molecule has 0 fully saturated rings. The van der Waals surface area contributed by atoms with E-state index < -0.39 is 4.92 Å². The van der Waals surface area contributed by atoms with Crippen molar-refractivity contribution in [1.82, 2.24) is 0 Å². The SMILES string of the molecule is Cc1cc(OCc2ccccc2C(=N)N)ccc1[N+](=O)[O-]. The third kappa shape index (κ3) is 3.36. The number of nitrogens with two attached hydrogens (primary N) is 1. The van der Waals surface area contributed by atoms with Crippen molar-refractivity contribution in [3.8, 4) is 5.75 Å². The minimum Gasteiger partial charge on any atom is -0.489 e. The van der Waals surface area contributed by atoms with Crippen molar-refractivity contribution in [3.05, 3.63) is 69.3 Å². The van der Waals surface area contributed by atoms with E-state index in [1.54, 1.807) is 31.2 Å². The van der Waals surface area contributed by atoms with E-state index in [-0.39, 0.29) is 18.1 Å². The van der Waals surface area contributed by atoms with Gasteiger partial charge in [0.1, 0.15) is 18.2 Å². The average Bonchev–Trinajstić information content (AvgIpc) is 2.45. The van der Waals surface area contributed by atoms with Gasteiger partial charge in [-0.1, -0.05) is 24.3 Å². The highest BCUT2D eigenvalue weighted by Crippen LogP contribution is 2.24. The zero-order chi connectivity index (χ0) is 15.4. The van der Waals surface area contributed by atoms with E-state index in [1.807, 2.05) is 12.1 Å². The summed E-state index contributed by atoms with van der Waals surface area (Å²) in [7, 11) is 0. The number of nitrogens with zero attached hydrogens (tertiary/aromatic N) is 1. The molecule has 6 heteroatoms. The summed E-state index contributed by atoms with van der Waals surface area (Å²) in [5.41, 5.74) is 7.53. The third-order valence-electron chi connectivity index (χ3n) is 3.07. The Labute approximate surface area is 121 Å². The molecule has 0 saturated carbocycles. The summed E-state index contributed by atoms with van der Waals surface area (Å²) < 4.78 is 5.62. The minimum atomic E-state index is -0.426. The molecule has 0 aromatic heterocycles. The Bertz CT molecular complexity index is 698. The average molecular weight is 285 g/mol. The molecular formula is C15H15N3O3. The number of hydrogen-bond donors (Lipinski definition) is 2. The second kappa shape index (κ2) is 6.04. The molecule has 21 heavy (non-hydrogen) atoms. The van der Waals surface area contributed by atoms with Gasteiger partial charge in [-0.15, -0.1) is 0 Å². The number of nitrogen functional groups attached to an aromatic ring is 1. The number of nitro benzene ring substituents is 1. The Balaban J connectivity index is 2.16. The predicted molar refractivity (Wildman–Crippen MR) is 79.6 cm³/mol. The van der Waals surface area contributed by atoms with E-state index in [0.717, 1.165) is 5.56 Å². The van der Waals surface area contributed by atoms with E-state index in [1.165, 1.54) is 6.07 Å². The molecule has 2 aromatic rings. The second-order valence-corrected chi connectivity index (χ2v) is 4.56. The van der Waals surface area contributed by atoms with Gasteiger partial charge in [-0.05, 0) is 19.1 Å². The third-order valence-corrected chi connectivity index (χ3v) is 3.07. The van der Waals surface area contributed by atoms with Crippen LogP contribution in [0.25, 0.3) is 0 Å². The van der Waals surface area contributed by atoms with Crippen molar-refractivity contribution in [1.29, 1.82) is 5.41 Å². The first-order valence-electron chi connectivity index (χ1n) is 6.29. The molecule has 0 aliphatic carbocycles. The van der Waals surface area contributed by atoms with Crippen molar-refractivity contribution in [2.45, 2.75) is 13.5 Å².